The highest BCUT2D eigenvalue weighted by molar-refractivity contribution is 9.10. The number of rotatable bonds is 2. The second kappa shape index (κ2) is 5.33. The first-order valence-corrected chi connectivity index (χ1v) is 7.13. The van der Waals surface area contributed by atoms with Gasteiger partial charge in [0.15, 0.2) is 0 Å². The molecule has 106 valence electrons. The van der Waals surface area contributed by atoms with E-state index in [1.807, 2.05) is 31.2 Å². The standard InChI is InChI=1S/C16H12BrFN2O/c1-9-2-4-10(5-3-9)14-15(20-21-16(14)19)12-7-6-11(18)8-13(12)17/h2-8H,19H2,1H3. The third-order valence-electron chi connectivity index (χ3n) is 3.24. The maximum atomic E-state index is 13.2. The quantitative estimate of drug-likeness (QED) is 0.724. The monoisotopic (exact) mass is 346 g/mol. The van der Waals surface area contributed by atoms with Gasteiger partial charge in [-0.2, -0.15) is 0 Å². The smallest absolute Gasteiger partial charge is 0.230 e. The van der Waals surface area contributed by atoms with Crippen molar-refractivity contribution < 1.29 is 8.91 Å². The molecule has 1 heterocycles. The lowest BCUT2D eigenvalue weighted by atomic mass is 10.00. The largest absolute Gasteiger partial charge is 0.367 e. The van der Waals surface area contributed by atoms with Crippen molar-refractivity contribution in [2.45, 2.75) is 6.92 Å². The minimum Gasteiger partial charge on any atom is -0.367 e. The average Bonchev–Trinajstić information content (AvgIpc) is 2.82. The molecular formula is C16H12BrFN2O. The summed E-state index contributed by atoms with van der Waals surface area (Å²) in [4.78, 5) is 0. The summed E-state index contributed by atoms with van der Waals surface area (Å²) < 4.78 is 19.0. The number of benzene rings is 2. The summed E-state index contributed by atoms with van der Waals surface area (Å²) in [7, 11) is 0. The molecule has 0 amide bonds. The van der Waals surface area contributed by atoms with Gasteiger partial charge in [0.25, 0.3) is 0 Å². The summed E-state index contributed by atoms with van der Waals surface area (Å²) in [5.41, 5.74) is 10.00. The normalized spacial score (nSPS) is 10.8. The molecule has 0 saturated carbocycles. The number of nitrogen functional groups attached to an aromatic ring is 1. The highest BCUT2D eigenvalue weighted by Gasteiger charge is 2.19. The van der Waals surface area contributed by atoms with Crippen molar-refractivity contribution in [1.82, 2.24) is 5.16 Å². The van der Waals surface area contributed by atoms with Crippen LogP contribution in [0.15, 0.2) is 51.5 Å². The summed E-state index contributed by atoms with van der Waals surface area (Å²) in [5, 5.41) is 4.02. The molecule has 3 nitrogen and oxygen atoms in total. The predicted molar refractivity (Wildman–Crippen MR) is 84.2 cm³/mol. The highest BCUT2D eigenvalue weighted by atomic mass is 79.9. The first-order chi connectivity index (χ1) is 10.1. The first kappa shape index (κ1) is 13.8. The van der Waals surface area contributed by atoms with Gasteiger partial charge in [-0.05, 0) is 46.6 Å². The lowest BCUT2D eigenvalue weighted by Gasteiger charge is -2.05. The molecule has 21 heavy (non-hydrogen) atoms. The zero-order valence-corrected chi connectivity index (χ0v) is 12.8. The molecule has 3 rings (SSSR count). The van der Waals surface area contributed by atoms with Crippen LogP contribution in [0.4, 0.5) is 10.3 Å². The molecule has 1 aromatic heterocycles. The van der Waals surface area contributed by atoms with E-state index in [9.17, 15) is 4.39 Å². The van der Waals surface area contributed by atoms with E-state index in [-0.39, 0.29) is 11.7 Å². The van der Waals surface area contributed by atoms with Crippen LogP contribution in [0.3, 0.4) is 0 Å². The van der Waals surface area contributed by atoms with Crippen LogP contribution in [-0.2, 0) is 0 Å². The van der Waals surface area contributed by atoms with Gasteiger partial charge in [0.1, 0.15) is 11.5 Å². The van der Waals surface area contributed by atoms with Gasteiger partial charge >= 0.3 is 0 Å². The maximum Gasteiger partial charge on any atom is 0.230 e. The van der Waals surface area contributed by atoms with Crippen LogP contribution in [-0.4, -0.2) is 5.16 Å². The van der Waals surface area contributed by atoms with E-state index in [1.54, 1.807) is 6.07 Å². The molecule has 2 N–H and O–H groups in total. The number of hydrogen-bond acceptors (Lipinski definition) is 3. The summed E-state index contributed by atoms with van der Waals surface area (Å²) in [6.45, 7) is 2.01. The van der Waals surface area contributed by atoms with E-state index in [0.717, 1.165) is 16.7 Å². The van der Waals surface area contributed by atoms with Crippen LogP contribution in [0.25, 0.3) is 22.4 Å². The minimum atomic E-state index is -0.320. The van der Waals surface area contributed by atoms with Gasteiger partial charge < -0.3 is 10.3 Å². The molecular weight excluding hydrogens is 335 g/mol. The number of hydrogen-bond donors (Lipinski definition) is 1. The third kappa shape index (κ3) is 2.56. The third-order valence-corrected chi connectivity index (χ3v) is 3.90. The number of halogens is 2. The Hall–Kier alpha value is -2.14. The fraction of sp³-hybridized carbons (Fsp3) is 0.0625. The molecule has 0 spiro atoms. The summed E-state index contributed by atoms with van der Waals surface area (Å²) in [6.07, 6.45) is 0. The van der Waals surface area contributed by atoms with Gasteiger partial charge in [-0.3, -0.25) is 0 Å². The van der Waals surface area contributed by atoms with E-state index in [2.05, 4.69) is 21.1 Å². The van der Waals surface area contributed by atoms with E-state index >= 15 is 0 Å². The molecule has 0 radical (unpaired) electrons. The Morgan fingerprint density at radius 3 is 2.52 bits per heavy atom. The van der Waals surface area contributed by atoms with Gasteiger partial charge in [0.2, 0.25) is 5.88 Å². The SMILES string of the molecule is Cc1ccc(-c2c(-c3ccc(F)cc3Br)noc2N)cc1. The molecule has 0 aliphatic heterocycles. The van der Waals surface area contributed by atoms with E-state index in [1.165, 1.54) is 12.1 Å². The fourth-order valence-corrected chi connectivity index (χ4v) is 2.71. The zero-order valence-electron chi connectivity index (χ0n) is 11.2. The highest BCUT2D eigenvalue weighted by Crippen LogP contribution is 2.39. The van der Waals surface area contributed by atoms with E-state index < -0.39 is 0 Å². The molecule has 0 fully saturated rings. The molecule has 0 atom stereocenters. The Labute approximate surface area is 129 Å². The lowest BCUT2D eigenvalue weighted by molar-refractivity contribution is 0.439. The number of nitrogens with zero attached hydrogens (tertiary/aromatic N) is 1. The van der Waals surface area contributed by atoms with Crippen LogP contribution in [0.1, 0.15) is 5.56 Å². The van der Waals surface area contributed by atoms with Gasteiger partial charge in [0.05, 0.1) is 5.56 Å². The van der Waals surface area contributed by atoms with Gasteiger partial charge in [-0.25, -0.2) is 4.39 Å². The van der Waals surface area contributed by atoms with Crippen molar-refractivity contribution in [2.24, 2.45) is 0 Å². The summed E-state index contributed by atoms with van der Waals surface area (Å²) in [5.74, 6) is -0.0796. The van der Waals surface area contributed by atoms with E-state index in [4.69, 9.17) is 10.3 Å². The van der Waals surface area contributed by atoms with Crippen LogP contribution in [0.5, 0.6) is 0 Å². The van der Waals surface area contributed by atoms with Gasteiger partial charge in [-0.15, -0.1) is 0 Å². The Kier molecular flexibility index (Phi) is 3.51. The van der Waals surface area contributed by atoms with Crippen molar-refractivity contribution in [1.29, 1.82) is 0 Å². The molecule has 3 aromatic rings. The van der Waals surface area contributed by atoms with Crippen molar-refractivity contribution in [3.8, 4) is 22.4 Å². The topological polar surface area (TPSA) is 52.0 Å². The van der Waals surface area contributed by atoms with Crippen molar-refractivity contribution in [3.63, 3.8) is 0 Å². The second-order valence-corrected chi connectivity index (χ2v) is 5.61. The number of nitrogens with two attached hydrogens (primary N) is 1. The fourth-order valence-electron chi connectivity index (χ4n) is 2.17. The molecule has 2 aromatic carbocycles. The molecule has 0 saturated heterocycles. The molecule has 0 aliphatic carbocycles. The Morgan fingerprint density at radius 2 is 1.86 bits per heavy atom. The molecule has 0 bridgehead atoms. The van der Waals surface area contributed by atoms with Crippen LogP contribution in [0.2, 0.25) is 0 Å². The second-order valence-electron chi connectivity index (χ2n) is 4.76. The Bertz CT molecular complexity index is 797. The first-order valence-electron chi connectivity index (χ1n) is 6.34. The van der Waals surface area contributed by atoms with Crippen molar-refractivity contribution in [3.05, 3.63) is 58.3 Å². The van der Waals surface area contributed by atoms with Crippen molar-refractivity contribution in [2.75, 3.05) is 5.73 Å². The van der Waals surface area contributed by atoms with Crippen LogP contribution >= 0.6 is 15.9 Å². The minimum absolute atomic E-state index is 0.241. The number of aromatic nitrogens is 1. The van der Waals surface area contributed by atoms with E-state index in [0.29, 0.717) is 15.7 Å². The zero-order chi connectivity index (χ0) is 15.0. The maximum absolute atomic E-state index is 13.2. The molecule has 0 unspecified atom stereocenters. The number of anilines is 1. The van der Waals surface area contributed by atoms with Crippen LogP contribution < -0.4 is 5.73 Å². The molecule has 5 heteroatoms. The predicted octanol–water partition coefficient (Wildman–Crippen LogP) is 4.80. The summed E-state index contributed by atoms with van der Waals surface area (Å²) in [6, 6.07) is 12.3. The Morgan fingerprint density at radius 1 is 1.14 bits per heavy atom. The van der Waals surface area contributed by atoms with Crippen LogP contribution in [0, 0.1) is 12.7 Å². The Balaban J connectivity index is 2.19. The van der Waals surface area contributed by atoms with Crippen molar-refractivity contribution >= 4 is 21.8 Å². The van der Waals surface area contributed by atoms with Gasteiger partial charge in [0, 0.05) is 10.0 Å². The lowest BCUT2D eigenvalue weighted by Crippen LogP contribution is -1.89. The average molecular weight is 347 g/mol. The van der Waals surface area contributed by atoms with Gasteiger partial charge in [-0.1, -0.05) is 35.0 Å². The number of aryl methyl sites for hydroxylation is 1. The molecule has 0 aliphatic rings. The summed E-state index contributed by atoms with van der Waals surface area (Å²) >= 11 is 3.35.